The van der Waals surface area contributed by atoms with E-state index in [1.807, 2.05) is 12.1 Å². The van der Waals surface area contributed by atoms with E-state index in [0.29, 0.717) is 11.5 Å². The van der Waals surface area contributed by atoms with E-state index in [2.05, 4.69) is 5.32 Å². The van der Waals surface area contributed by atoms with Crippen molar-refractivity contribution < 1.29 is 19.4 Å². The topological polar surface area (TPSA) is 67.8 Å². The largest absolute Gasteiger partial charge is 0.493 e. The zero-order valence-electron chi connectivity index (χ0n) is 10.6. The number of ether oxygens (including phenoxy) is 2. The molecule has 5 heteroatoms. The number of hydrogen-bond acceptors (Lipinski definition) is 4. The molecule has 0 amide bonds. The predicted octanol–water partition coefficient (Wildman–Crippen LogP) is 1.61. The Morgan fingerprint density at radius 2 is 2.00 bits per heavy atom. The van der Waals surface area contributed by atoms with E-state index in [1.54, 1.807) is 33.4 Å². The Balaban J connectivity index is 3.03. The number of nitrogens with one attached hydrogen (secondary N) is 1. The minimum Gasteiger partial charge on any atom is -0.493 e. The van der Waals surface area contributed by atoms with Crippen LogP contribution in [0.4, 0.5) is 0 Å². The van der Waals surface area contributed by atoms with Crippen molar-refractivity contribution in [1.82, 2.24) is 5.32 Å². The van der Waals surface area contributed by atoms with Gasteiger partial charge in [-0.3, -0.25) is 0 Å². The molecule has 0 saturated carbocycles. The maximum absolute atomic E-state index is 10.5. The van der Waals surface area contributed by atoms with Crippen molar-refractivity contribution in [1.29, 1.82) is 0 Å². The van der Waals surface area contributed by atoms with E-state index < -0.39 is 5.97 Å². The molecule has 0 saturated heterocycles. The molecule has 0 aliphatic carbocycles. The van der Waals surface area contributed by atoms with Crippen LogP contribution in [0.2, 0.25) is 0 Å². The fraction of sp³-hybridized carbons (Fsp3) is 0.308. The second kappa shape index (κ2) is 6.66. The SMILES string of the molecule is CNC(/C=C/C(=O)O)c1ccc(OC)c(OC)c1. The van der Waals surface area contributed by atoms with Crippen LogP contribution >= 0.6 is 0 Å². The van der Waals surface area contributed by atoms with Crippen molar-refractivity contribution in [2.45, 2.75) is 6.04 Å². The smallest absolute Gasteiger partial charge is 0.328 e. The fourth-order valence-corrected chi connectivity index (χ4v) is 1.60. The van der Waals surface area contributed by atoms with Crippen LogP contribution in [-0.4, -0.2) is 32.3 Å². The summed E-state index contributed by atoms with van der Waals surface area (Å²) in [6.45, 7) is 0. The number of carboxylic acids is 1. The molecule has 0 bridgehead atoms. The van der Waals surface area contributed by atoms with Gasteiger partial charge in [0.15, 0.2) is 11.5 Å². The monoisotopic (exact) mass is 251 g/mol. The quantitative estimate of drug-likeness (QED) is 0.752. The van der Waals surface area contributed by atoms with Crippen molar-refractivity contribution >= 4 is 5.97 Å². The summed E-state index contributed by atoms with van der Waals surface area (Å²) in [6, 6.07) is 5.26. The van der Waals surface area contributed by atoms with Crippen LogP contribution in [0.1, 0.15) is 11.6 Å². The molecule has 0 radical (unpaired) electrons. The highest BCUT2D eigenvalue weighted by Gasteiger charge is 2.10. The Labute approximate surface area is 106 Å². The fourth-order valence-electron chi connectivity index (χ4n) is 1.60. The average Bonchev–Trinajstić information content (AvgIpc) is 2.38. The number of likely N-dealkylation sites (N-methyl/N-ethyl adjacent to an activating group) is 1. The summed E-state index contributed by atoms with van der Waals surface area (Å²) >= 11 is 0. The highest BCUT2D eigenvalue weighted by atomic mass is 16.5. The standard InChI is InChI=1S/C13H17NO4/c1-14-10(5-7-13(15)16)9-4-6-11(17-2)12(8-9)18-3/h4-8,10,14H,1-3H3,(H,15,16)/b7-5+. The van der Waals surface area contributed by atoms with Crippen LogP contribution in [0, 0.1) is 0 Å². The first-order valence-electron chi connectivity index (χ1n) is 5.42. The summed E-state index contributed by atoms with van der Waals surface area (Å²) in [5.74, 6) is 0.271. The molecule has 0 aliphatic heterocycles. The molecule has 0 spiro atoms. The van der Waals surface area contributed by atoms with E-state index in [-0.39, 0.29) is 6.04 Å². The van der Waals surface area contributed by atoms with Gasteiger partial charge < -0.3 is 19.9 Å². The first-order valence-corrected chi connectivity index (χ1v) is 5.42. The van der Waals surface area contributed by atoms with Crippen molar-refractivity contribution in [3.05, 3.63) is 35.9 Å². The van der Waals surface area contributed by atoms with Crippen molar-refractivity contribution in [2.24, 2.45) is 0 Å². The van der Waals surface area contributed by atoms with Gasteiger partial charge in [-0.2, -0.15) is 0 Å². The summed E-state index contributed by atoms with van der Waals surface area (Å²) in [6.07, 6.45) is 2.68. The maximum Gasteiger partial charge on any atom is 0.328 e. The molecule has 0 fully saturated rings. The minimum absolute atomic E-state index is 0.194. The van der Waals surface area contributed by atoms with Crippen LogP contribution in [0.25, 0.3) is 0 Å². The molecule has 1 aromatic carbocycles. The molecule has 1 atom stereocenters. The van der Waals surface area contributed by atoms with Gasteiger partial charge in [-0.25, -0.2) is 4.79 Å². The van der Waals surface area contributed by atoms with Gasteiger partial charge >= 0.3 is 5.97 Å². The summed E-state index contributed by atoms with van der Waals surface area (Å²) in [4.78, 5) is 10.5. The molecule has 1 rings (SSSR count). The Kier molecular flexibility index (Phi) is 5.20. The Hall–Kier alpha value is -2.01. The molecule has 1 unspecified atom stereocenters. The predicted molar refractivity (Wildman–Crippen MR) is 68.1 cm³/mol. The molecule has 0 aromatic heterocycles. The second-order valence-corrected chi connectivity index (χ2v) is 3.58. The number of aliphatic carboxylic acids is 1. The molecule has 2 N–H and O–H groups in total. The third-order valence-corrected chi connectivity index (χ3v) is 2.51. The van der Waals surface area contributed by atoms with Gasteiger partial charge in [0.2, 0.25) is 0 Å². The average molecular weight is 251 g/mol. The van der Waals surface area contributed by atoms with Crippen LogP contribution in [0.3, 0.4) is 0 Å². The maximum atomic E-state index is 10.5. The van der Waals surface area contributed by atoms with Gasteiger partial charge in [-0.15, -0.1) is 0 Å². The minimum atomic E-state index is -0.976. The van der Waals surface area contributed by atoms with Crippen LogP contribution < -0.4 is 14.8 Å². The lowest BCUT2D eigenvalue weighted by Gasteiger charge is -2.15. The third kappa shape index (κ3) is 3.49. The van der Waals surface area contributed by atoms with E-state index in [0.717, 1.165) is 11.6 Å². The highest BCUT2D eigenvalue weighted by molar-refractivity contribution is 5.79. The zero-order valence-corrected chi connectivity index (χ0v) is 10.6. The van der Waals surface area contributed by atoms with Gasteiger partial charge in [0.1, 0.15) is 0 Å². The molecular weight excluding hydrogens is 234 g/mol. The van der Waals surface area contributed by atoms with Gasteiger partial charge in [0, 0.05) is 6.08 Å². The number of benzene rings is 1. The number of rotatable bonds is 6. The van der Waals surface area contributed by atoms with Crippen molar-refractivity contribution in [3.63, 3.8) is 0 Å². The lowest BCUT2D eigenvalue weighted by atomic mass is 10.1. The number of carboxylic acid groups (broad SMARTS) is 1. The third-order valence-electron chi connectivity index (χ3n) is 2.51. The van der Waals surface area contributed by atoms with Crippen LogP contribution in [0.5, 0.6) is 11.5 Å². The van der Waals surface area contributed by atoms with Gasteiger partial charge in [-0.05, 0) is 24.7 Å². The summed E-state index contributed by atoms with van der Waals surface area (Å²) in [7, 11) is 4.88. The zero-order chi connectivity index (χ0) is 13.5. The summed E-state index contributed by atoms with van der Waals surface area (Å²) < 4.78 is 10.3. The molecule has 18 heavy (non-hydrogen) atoms. The second-order valence-electron chi connectivity index (χ2n) is 3.58. The molecule has 1 aromatic rings. The highest BCUT2D eigenvalue weighted by Crippen LogP contribution is 2.30. The first kappa shape index (κ1) is 14.1. The number of methoxy groups -OCH3 is 2. The summed E-state index contributed by atoms with van der Waals surface area (Å²) in [5.41, 5.74) is 0.896. The molecule has 0 heterocycles. The van der Waals surface area contributed by atoms with Crippen molar-refractivity contribution in [3.8, 4) is 11.5 Å². The lowest BCUT2D eigenvalue weighted by Crippen LogP contribution is -2.14. The van der Waals surface area contributed by atoms with E-state index in [1.165, 1.54) is 0 Å². The summed E-state index contributed by atoms with van der Waals surface area (Å²) in [5, 5.41) is 11.6. The van der Waals surface area contributed by atoms with Gasteiger partial charge in [0.25, 0.3) is 0 Å². The van der Waals surface area contributed by atoms with E-state index in [4.69, 9.17) is 14.6 Å². The van der Waals surface area contributed by atoms with Crippen molar-refractivity contribution in [2.75, 3.05) is 21.3 Å². The Bertz CT molecular complexity index is 443. The van der Waals surface area contributed by atoms with Crippen LogP contribution in [0.15, 0.2) is 30.4 Å². The van der Waals surface area contributed by atoms with Gasteiger partial charge in [0.05, 0.1) is 20.3 Å². The van der Waals surface area contributed by atoms with E-state index in [9.17, 15) is 4.79 Å². The molecule has 5 nitrogen and oxygen atoms in total. The number of hydrogen-bond donors (Lipinski definition) is 2. The molecule has 0 aliphatic rings. The molecule has 98 valence electrons. The molecular formula is C13H17NO4. The Morgan fingerprint density at radius 1 is 1.33 bits per heavy atom. The van der Waals surface area contributed by atoms with E-state index >= 15 is 0 Å². The Morgan fingerprint density at radius 3 is 2.50 bits per heavy atom. The number of carbonyl (C=O) groups is 1. The lowest BCUT2D eigenvalue weighted by molar-refractivity contribution is -0.131. The van der Waals surface area contributed by atoms with Crippen LogP contribution in [-0.2, 0) is 4.79 Å². The normalized spacial score (nSPS) is 12.4. The first-order chi connectivity index (χ1) is 8.62. The van der Waals surface area contributed by atoms with Gasteiger partial charge in [-0.1, -0.05) is 12.1 Å².